The lowest BCUT2D eigenvalue weighted by molar-refractivity contribution is 0.0436. The molecule has 5 heteroatoms. The fourth-order valence-corrected chi connectivity index (χ4v) is 3.95. The summed E-state index contributed by atoms with van der Waals surface area (Å²) in [5, 5.41) is 4.48. The second-order valence-electron chi connectivity index (χ2n) is 7.16. The highest BCUT2D eigenvalue weighted by Gasteiger charge is 2.35. The van der Waals surface area contributed by atoms with Crippen LogP contribution in [-0.4, -0.2) is 32.5 Å². The molecule has 1 saturated heterocycles. The lowest BCUT2D eigenvalue weighted by Crippen LogP contribution is -2.38. The first-order valence-electron chi connectivity index (χ1n) is 9.47. The van der Waals surface area contributed by atoms with Gasteiger partial charge in [-0.15, -0.1) is 0 Å². The molecule has 0 spiro atoms. The van der Waals surface area contributed by atoms with Crippen molar-refractivity contribution in [1.82, 2.24) is 19.3 Å². The van der Waals surface area contributed by atoms with Gasteiger partial charge in [-0.3, -0.25) is 4.68 Å². The van der Waals surface area contributed by atoms with Gasteiger partial charge in [0.05, 0.1) is 24.4 Å². The van der Waals surface area contributed by atoms with Gasteiger partial charge in [0.25, 0.3) is 0 Å². The minimum absolute atomic E-state index is 0.0916. The van der Waals surface area contributed by atoms with Crippen molar-refractivity contribution in [3.63, 3.8) is 0 Å². The molecule has 2 aromatic heterocycles. The summed E-state index contributed by atoms with van der Waals surface area (Å²) in [6, 6.07) is 10.9. The average molecular weight is 350 g/mol. The van der Waals surface area contributed by atoms with Crippen molar-refractivity contribution in [2.75, 3.05) is 13.2 Å². The summed E-state index contributed by atoms with van der Waals surface area (Å²) < 4.78 is 9.96. The molecule has 1 fully saturated rings. The van der Waals surface area contributed by atoms with E-state index in [0.717, 1.165) is 56.8 Å². The second kappa shape index (κ2) is 7.46. The van der Waals surface area contributed by atoms with E-state index in [0.29, 0.717) is 0 Å². The molecule has 5 nitrogen and oxygen atoms in total. The standard InChI is InChI=1S/C21H26N4O/c1-2-10-25-15-18(13-23-25)20-14-22-17-24(20)16-21(8-11-26-12-9-21)19-6-4-3-5-7-19/h3-7,13-15,17H,2,8-12,16H2,1H3. The Morgan fingerprint density at radius 2 is 1.92 bits per heavy atom. The van der Waals surface area contributed by atoms with Crippen LogP contribution in [0.3, 0.4) is 0 Å². The molecule has 4 rings (SSSR count). The number of benzene rings is 1. The average Bonchev–Trinajstić information content (AvgIpc) is 3.33. The summed E-state index contributed by atoms with van der Waals surface area (Å²) in [7, 11) is 0. The Labute approximate surface area is 154 Å². The Balaban J connectivity index is 1.66. The molecule has 0 N–H and O–H groups in total. The molecular weight excluding hydrogens is 324 g/mol. The summed E-state index contributed by atoms with van der Waals surface area (Å²) in [5.41, 5.74) is 3.75. The third-order valence-corrected chi connectivity index (χ3v) is 5.40. The molecule has 0 atom stereocenters. The van der Waals surface area contributed by atoms with Crippen molar-refractivity contribution in [3.05, 3.63) is 60.8 Å². The number of hydrogen-bond acceptors (Lipinski definition) is 3. The largest absolute Gasteiger partial charge is 0.381 e. The number of aryl methyl sites for hydroxylation is 1. The van der Waals surface area contributed by atoms with Gasteiger partial charge in [0.2, 0.25) is 0 Å². The molecule has 0 radical (unpaired) electrons. The van der Waals surface area contributed by atoms with Crippen LogP contribution in [0.5, 0.6) is 0 Å². The monoisotopic (exact) mass is 350 g/mol. The first-order chi connectivity index (χ1) is 12.8. The molecule has 0 saturated carbocycles. The molecule has 0 amide bonds. The quantitative estimate of drug-likeness (QED) is 0.677. The maximum absolute atomic E-state index is 5.67. The highest BCUT2D eigenvalue weighted by Crippen LogP contribution is 2.37. The van der Waals surface area contributed by atoms with Crippen LogP contribution < -0.4 is 0 Å². The molecule has 3 aromatic rings. The molecule has 1 aromatic carbocycles. The Hall–Kier alpha value is -2.40. The van der Waals surface area contributed by atoms with E-state index in [4.69, 9.17) is 4.74 Å². The third-order valence-electron chi connectivity index (χ3n) is 5.40. The molecular formula is C21H26N4O. The molecule has 3 heterocycles. The Morgan fingerprint density at radius 3 is 2.69 bits per heavy atom. The molecule has 1 aliphatic rings. The van der Waals surface area contributed by atoms with Crippen LogP contribution in [0.25, 0.3) is 11.3 Å². The Morgan fingerprint density at radius 1 is 1.12 bits per heavy atom. The summed E-state index contributed by atoms with van der Waals surface area (Å²) in [5.74, 6) is 0. The van der Waals surface area contributed by atoms with Crippen molar-refractivity contribution in [3.8, 4) is 11.3 Å². The predicted molar refractivity (Wildman–Crippen MR) is 102 cm³/mol. The van der Waals surface area contributed by atoms with Crippen LogP contribution in [0.4, 0.5) is 0 Å². The van der Waals surface area contributed by atoms with Gasteiger partial charge >= 0.3 is 0 Å². The molecule has 1 aliphatic heterocycles. The molecule has 0 unspecified atom stereocenters. The summed E-state index contributed by atoms with van der Waals surface area (Å²) in [6.07, 6.45) is 11.1. The van der Waals surface area contributed by atoms with E-state index in [1.54, 1.807) is 0 Å². The van der Waals surface area contributed by atoms with Gasteiger partial charge in [-0.05, 0) is 24.8 Å². The number of hydrogen-bond donors (Lipinski definition) is 0. The van der Waals surface area contributed by atoms with Crippen LogP contribution in [0.1, 0.15) is 31.7 Å². The summed E-state index contributed by atoms with van der Waals surface area (Å²) >= 11 is 0. The minimum atomic E-state index is 0.0916. The van der Waals surface area contributed by atoms with Gasteiger partial charge in [0, 0.05) is 43.5 Å². The molecule has 0 bridgehead atoms. The Kier molecular flexibility index (Phi) is 4.89. The van der Waals surface area contributed by atoms with Crippen LogP contribution in [0, 0.1) is 0 Å². The number of nitrogens with zero attached hydrogens (tertiary/aromatic N) is 4. The van der Waals surface area contributed by atoms with Crippen LogP contribution in [-0.2, 0) is 23.2 Å². The van der Waals surface area contributed by atoms with E-state index in [-0.39, 0.29) is 5.41 Å². The van der Waals surface area contributed by atoms with Gasteiger partial charge in [0.1, 0.15) is 0 Å². The second-order valence-corrected chi connectivity index (χ2v) is 7.16. The van der Waals surface area contributed by atoms with Crippen molar-refractivity contribution < 1.29 is 4.74 Å². The summed E-state index contributed by atoms with van der Waals surface area (Å²) in [6.45, 7) is 5.65. The van der Waals surface area contributed by atoms with Crippen LogP contribution >= 0.6 is 0 Å². The normalized spacial score (nSPS) is 16.7. The van der Waals surface area contributed by atoms with E-state index in [1.807, 2.05) is 23.4 Å². The van der Waals surface area contributed by atoms with Crippen molar-refractivity contribution >= 4 is 0 Å². The number of aromatic nitrogens is 4. The third kappa shape index (κ3) is 3.31. The first kappa shape index (κ1) is 17.0. The first-order valence-corrected chi connectivity index (χ1v) is 9.47. The molecule has 136 valence electrons. The van der Waals surface area contributed by atoms with E-state index in [2.05, 4.69) is 58.1 Å². The number of imidazole rings is 1. The van der Waals surface area contributed by atoms with Crippen molar-refractivity contribution in [2.24, 2.45) is 0 Å². The van der Waals surface area contributed by atoms with E-state index in [1.165, 1.54) is 5.56 Å². The zero-order valence-electron chi connectivity index (χ0n) is 15.3. The SMILES string of the molecule is CCCn1cc(-c2cncn2CC2(c3ccccc3)CCOCC2)cn1. The Bertz CT molecular complexity index is 831. The lowest BCUT2D eigenvalue weighted by Gasteiger charge is -2.38. The highest BCUT2D eigenvalue weighted by atomic mass is 16.5. The predicted octanol–water partition coefficient (Wildman–Crippen LogP) is 3.91. The van der Waals surface area contributed by atoms with E-state index >= 15 is 0 Å². The fraction of sp³-hybridized carbons (Fsp3) is 0.429. The zero-order valence-corrected chi connectivity index (χ0v) is 15.3. The van der Waals surface area contributed by atoms with E-state index < -0.39 is 0 Å². The van der Waals surface area contributed by atoms with Crippen molar-refractivity contribution in [1.29, 1.82) is 0 Å². The maximum Gasteiger partial charge on any atom is 0.0951 e. The van der Waals surface area contributed by atoms with E-state index in [9.17, 15) is 0 Å². The van der Waals surface area contributed by atoms with Gasteiger partial charge < -0.3 is 9.30 Å². The van der Waals surface area contributed by atoms with Crippen LogP contribution in [0.15, 0.2) is 55.2 Å². The maximum atomic E-state index is 5.67. The topological polar surface area (TPSA) is 44.9 Å². The van der Waals surface area contributed by atoms with Gasteiger partial charge in [-0.25, -0.2) is 4.98 Å². The number of rotatable bonds is 6. The number of ether oxygens (including phenoxy) is 1. The lowest BCUT2D eigenvalue weighted by atomic mass is 9.74. The zero-order chi connectivity index (χ0) is 17.8. The minimum Gasteiger partial charge on any atom is -0.381 e. The van der Waals surface area contributed by atoms with Gasteiger partial charge in [-0.2, -0.15) is 5.10 Å². The smallest absolute Gasteiger partial charge is 0.0951 e. The van der Waals surface area contributed by atoms with Crippen molar-refractivity contribution in [2.45, 2.75) is 44.7 Å². The van der Waals surface area contributed by atoms with Gasteiger partial charge in [-0.1, -0.05) is 37.3 Å². The molecule has 0 aliphatic carbocycles. The molecule has 26 heavy (non-hydrogen) atoms. The van der Waals surface area contributed by atoms with Gasteiger partial charge in [0.15, 0.2) is 0 Å². The van der Waals surface area contributed by atoms with Crippen LogP contribution in [0.2, 0.25) is 0 Å². The highest BCUT2D eigenvalue weighted by molar-refractivity contribution is 5.56. The fourth-order valence-electron chi connectivity index (χ4n) is 3.95. The summed E-state index contributed by atoms with van der Waals surface area (Å²) in [4.78, 5) is 4.44.